The van der Waals surface area contributed by atoms with Gasteiger partial charge in [0.15, 0.2) is 0 Å². The number of piperidine rings is 1. The van der Waals surface area contributed by atoms with Gasteiger partial charge in [-0.05, 0) is 39.2 Å². The SMILES string of the molecule is CNCC(=O)N1CCC[C@]2(CCCCO2)C1. The summed E-state index contributed by atoms with van der Waals surface area (Å²) in [5, 5.41) is 2.92. The quantitative estimate of drug-likeness (QED) is 0.756. The Morgan fingerprint density at radius 1 is 1.38 bits per heavy atom. The molecule has 0 aromatic heterocycles. The molecule has 2 heterocycles. The molecule has 16 heavy (non-hydrogen) atoms. The van der Waals surface area contributed by atoms with E-state index in [9.17, 15) is 4.79 Å². The maximum atomic E-state index is 11.8. The summed E-state index contributed by atoms with van der Waals surface area (Å²) < 4.78 is 5.95. The first-order valence-electron chi connectivity index (χ1n) is 6.32. The van der Waals surface area contributed by atoms with Crippen LogP contribution in [0.15, 0.2) is 0 Å². The molecule has 1 N–H and O–H groups in total. The van der Waals surface area contributed by atoms with Crippen LogP contribution in [-0.4, -0.2) is 49.7 Å². The molecule has 0 aromatic carbocycles. The average Bonchev–Trinajstić information content (AvgIpc) is 2.30. The molecule has 1 spiro atoms. The van der Waals surface area contributed by atoms with Crippen LogP contribution in [0.25, 0.3) is 0 Å². The molecule has 1 amide bonds. The van der Waals surface area contributed by atoms with E-state index in [1.165, 1.54) is 12.8 Å². The Hall–Kier alpha value is -0.610. The number of carbonyl (C=O) groups is 1. The molecule has 1 atom stereocenters. The Labute approximate surface area is 97.3 Å². The van der Waals surface area contributed by atoms with Crippen LogP contribution >= 0.6 is 0 Å². The van der Waals surface area contributed by atoms with Crippen molar-refractivity contribution in [3.8, 4) is 0 Å². The van der Waals surface area contributed by atoms with Crippen LogP contribution < -0.4 is 5.32 Å². The molecule has 4 nitrogen and oxygen atoms in total. The van der Waals surface area contributed by atoms with Crippen molar-refractivity contribution in [2.75, 3.05) is 33.3 Å². The molecular weight excluding hydrogens is 204 g/mol. The van der Waals surface area contributed by atoms with Gasteiger partial charge in [0, 0.05) is 19.7 Å². The van der Waals surface area contributed by atoms with Crippen LogP contribution in [0, 0.1) is 0 Å². The molecule has 2 fully saturated rings. The van der Waals surface area contributed by atoms with Gasteiger partial charge in [0.05, 0.1) is 12.1 Å². The van der Waals surface area contributed by atoms with E-state index in [2.05, 4.69) is 5.32 Å². The van der Waals surface area contributed by atoms with Crippen molar-refractivity contribution in [2.24, 2.45) is 0 Å². The minimum atomic E-state index is -0.0140. The third kappa shape index (κ3) is 2.55. The highest BCUT2D eigenvalue weighted by Crippen LogP contribution is 2.33. The van der Waals surface area contributed by atoms with Gasteiger partial charge >= 0.3 is 0 Å². The van der Waals surface area contributed by atoms with Crippen molar-refractivity contribution in [1.29, 1.82) is 0 Å². The molecule has 0 aromatic rings. The summed E-state index contributed by atoms with van der Waals surface area (Å²) in [5.74, 6) is 0.204. The van der Waals surface area contributed by atoms with E-state index in [1.807, 2.05) is 11.9 Å². The minimum absolute atomic E-state index is 0.0140. The van der Waals surface area contributed by atoms with E-state index in [0.717, 1.165) is 39.0 Å². The van der Waals surface area contributed by atoms with Gasteiger partial charge in [-0.3, -0.25) is 4.79 Å². The zero-order valence-electron chi connectivity index (χ0n) is 10.1. The highest BCUT2D eigenvalue weighted by atomic mass is 16.5. The summed E-state index contributed by atoms with van der Waals surface area (Å²) >= 11 is 0. The first-order valence-corrected chi connectivity index (χ1v) is 6.32. The van der Waals surface area contributed by atoms with E-state index in [1.54, 1.807) is 0 Å². The minimum Gasteiger partial charge on any atom is -0.373 e. The Morgan fingerprint density at radius 2 is 2.19 bits per heavy atom. The molecule has 4 heteroatoms. The summed E-state index contributed by atoms with van der Waals surface area (Å²) in [6, 6.07) is 0. The average molecular weight is 226 g/mol. The maximum absolute atomic E-state index is 11.8. The van der Waals surface area contributed by atoms with Gasteiger partial charge in [0.25, 0.3) is 0 Å². The molecule has 2 saturated heterocycles. The molecule has 2 aliphatic rings. The van der Waals surface area contributed by atoms with Crippen molar-refractivity contribution >= 4 is 5.91 Å². The number of ether oxygens (including phenoxy) is 1. The lowest BCUT2D eigenvalue weighted by Gasteiger charge is -2.44. The smallest absolute Gasteiger partial charge is 0.236 e. The first-order chi connectivity index (χ1) is 7.76. The van der Waals surface area contributed by atoms with E-state index < -0.39 is 0 Å². The van der Waals surface area contributed by atoms with Crippen LogP contribution in [0.2, 0.25) is 0 Å². The van der Waals surface area contributed by atoms with Crippen LogP contribution in [-0.2, 0) is 9.53 Å². The van der Waals surface area contributed by atoms with Crippen molar-refractivity contribution < 1.29 is 9.53 Å². The van der Waals surface area contributed by atoms with E-state index >= 15 is 0 Å². The zero-order chi connectivity index (χ0) is 11.4. The van der Waals surface area contributed by atoms with E-state index in [4.69, 9.17) is 4.74 Å². The topological polar surface area (TPSA) is 41.6 Å². The molecule has 0 radical (unpaired) electrons. The third-order valence-corrected chi connectivity index (χ3v) is 3.66. The molecule has 92 valence electrons. The van der Waals surface area contributed by atoms with Crippen molar-refractivity contribution in [2.45, 2.75) is 37.7 Å². The summed E-state index contributed by atoms with van der Waals surface area (Å²) in [6.45, 7) is 3.00. The molecule has 2 rings (SSSR count). The van der Waals surface area contributed by atoms with Gasteiger partial charge in [-0.15, -0.1) is 0 Å². The highest BCUT2D eigenvalue weighted by Gasteiger charge is 2.38. The van der Waals surface area contributed by atoms with Gasteiger partial charge in [-0.2, -0.15) is 0 Å². The van der Waals surface area contributed by atoms with Crippen LogP contribution in [0.1, 0.15) is 32.1 Å². The number of likely N-dealkylation sites (tertiary alicyclic amines) is 1. The molecular formula is C12H22N2O2. The number of nitrogens with one attached hydrogen (secondary N) is 1. The number of nitrogens with zero attached hydrogens (tertiary/aromatic N) is 1. The number of hydrogen-bond donors (Lipinski definition) is 1. The fraction of sp³-hybridized carbons (Fsp3) is 0.917. The van der Waals surface area contributed by atoms with Gasteiger partial charge in [-0.1, -0.05) is 0 Å². The van der Waals surface area contributed by atoms with Gasteiger partial charge < -0.3 is 15.0 Å². The number of rotatable bonds is 2. The van der Waals surface area contributed by atoms with Gasteiger partial charge in [0.1, 0.15) is 0 Å². The zero-order valence-corrected chi connectivity index (χ0v) is 10.1. The third-order valence-electron chi connectivity index (χ3n) is 3.66. The Bertz CT molecular complexity index is 244. The second-order valence-electron chi connectivity index (χ2n) is 4.94. The predicted octanol–water partition coefficient (Wildman–Crippen LogP) is 0.767. The Balaban J connectivity index is 1.94. The number of likely N-dealkylation sites (N-methyl/N-ethyl adjacent to an activating group) is 1. The number of carbonyl (C=O) groups excluding carboxylic acids is 1. The van der Waals surface area contributed by atoms with Crippen LogP contribution in [0.5, 0.6) is 0 Å². The van der Waals surface area contributed by atoms with E-state index in [-0.39, 0.29) is 11.5 Å². The van der Waals surface area contributed by atoms with Crippen molar-refractivity contribution in [1.82, 2.24) is 10.2 Å². The Kier molecular flexibility index (Phi) is 3.82. The normalized spacial score (nSPS) is 30.7. The number of amides is 1. The highest BCUT2D eigenvalue weighted by molar-refractivity contribution is 5.78. The molecule has 0 saturated carbocycles. The summed E-state index contributed by atoms with van der Waals surface area (Å²) in [4.78, 5) is 13.8. The second-order valence-corrected chi connectivity index (χ2v) is 4.94. The van der Waals surface area contributed by atoms with Crippen LogP contribution in [0.4, 0.5) is 0 Å². The summed E-state index contributed by atoms with van der Waals surface area (Å²) in [7, 11) is 1.81. The lowest BCUT2D eigenvalue weighted by Crippen LogP contribution is -2.54. The summed E-state index contributed by atoms with van der Waals surface area (Å²) in [5.41, 5.74) is -0.0140. The Morgan fingerprint density at radius 3 is 2.88 bits per heavy atom. The standard InChI is InChI=1S/C12H22N2O2/c1-13-9-11(15)14-7-4-6-12(10-14)5-2-3-8-16-12/h13H,2-10H2,1H3/t12-/m1/s1. The fourth-order valence-electron chi connectivity index (χ4n) is 2.81. The lowest BCUT2D eigenvalue weighted by molar-refractivity contribution is -0.148. The van der Waals surface area contributed by atoms with Gasteiger partial charge in [-0.25, -0.2) is 0 Å². The molecule has 0 aliphatic carbocycles. The van der Waals surface area contributed by atoms with Crippen molar-refractivity contribution in [3.05, 3.63) is 0 Å². The molecule has 2 aliphatic heterocycles. The van der Waals surface area contributed by atoms with E-state index in [0.29, 0.717) is 6.54 Å². The van der Waals surface area contributed by atoms with Crippen LogP contribution in [0.3, 0.4) is 0 Å². The molecule has 0 bridgehead atoms. The monoisotopic (exact) mass is 226 g/mol. The number of hydrogen-bond acceptors (Lipinski definition) is 3. The first kappa shape index (κ1) is 11.9. The lowest BCUT2D eigenvalue weighted by atomic mass is 9.86. The fourth-order valence-corrected chi connectivity index (χ4v) is 2.81. The second kappa shape index (κ2) is 5.15. The summed E-state index contributed by atoms with van der Waals surface area (Å²) in [6.07, 6.45) is 5.74. The molecule has 0 unspecified atom stereocenters. The van der Waals surface area contributed by atoms with Gasteiger partial charge in [0.2, 0.25) is 5.91 Å². The maximum Gasteiger partial charge on any atom is 0.236 e. The predicted molar refractivity (Wildman–Crippen MR) is 62.3 cm³/mol. The largest absolute Gasteiger partial charge is 0.373 e. The van der Waals surface area contributed by atoms with Crippen molar-refractivity contribution in [3.63, 3.8) is 0 Å².